The summed E-state index contributed by atoms with van der Waals surface area (Å²) in [6.45, 7) is 12.8. The Morgan fingerprint density at radius 2 is 0.667 bits per heavy atom. The first-order valence-corrected chi connectivity index (χ1v) is 4.50. The van der Waals surface area contributed by atoms with Gasteiger partial charge in [-0.25, -0.2) is 0 Å². The van der Waals surface area contributed by atoms with Crippen molar-refractivity contribution in [2.45, 2.75) is 52.6 Å². The molecule has 2 N–H and O–H groups in total. The first-order chi connectivity index (χ1) is 5.12. The Kier molecular flexibility index (Phi) is 6.68. The van der Waals surface area contributed by atoms with E-state index < -0.39 is 0 Å². The second-order valence-corrected chi connectivity index (χ2v) is 5.00. The predicted molar refractivity (Wildman–Crippen MR) is 57.6 cm³/mol. The molecule has 0 aromatic rings. The molecular formula is C10H26N2. The van der Waals surface area contributed by atoms with Gasteiger partial charge in [-0.2, -0.15) is 0 Å². The third-order valence-electron chi connectivity index (χ3n) is 1.50. The maximum atomic E-state index is 3.10. The van der Waals surface area contributed by atoms with Gasteiger partial charge in [-0.1, -0.05) is 0 Å². The fraction of sp³-hybridized carbons (Fsp3) is 1.00. The van der Waals surface area contributed by atoms with Crippen molar-refractivity contribution < 1.29 is 0 Å². The molecule has 0 unspecified atom stereocenters. The van der Waals surface area contributed by atoms with Crippen molar-refractivity contribution in [3.8, 4) is 0 Å². The summed E-state index contributed by atoms with van der Waals surface area (Å²) in [7, 11) is 3.92. The molecule has 0 atom stereocenters. The van der Waals surface area contributed by atoms with E-state index in [0.29, 0.717) is 11.1 Å². The molecule has 0 bridgehead atoms. The second kappa shape index (κ2) is 5.55. The summed E-state index contributed by atoms with van der Waals surface area (Å²) in [5, 5.41) is 6.21. The fourth-order valence-electron chi connectivity index (χ4n) is 0. The third kappa shape index (κ3) is 22.5. The Balaban J connectivity index is 0. The number of hydrogen-bond donors (Lipinski definition) is 2. The Hall–Kier alpha value is -0.0800. The van der Waals surface area contributed by atoms with E-state index >= 15 is 0 Å². The van der Waals surface area contributed by atoms with Crippen LogP contribution in [0.2, 0.25) is 0 Å². The Labute approximate surface area is 78.1 Å². The third-order valence-corrected chi connectivity index (χ3v) is 1.50. The summed E-state index contributed by atoms with van der Waals surface area (Å²) in [6, 6.07) is 0. The van der Waals surface area contributed by atoms with Gasteiger partial charge in [0.25, 0.3) is 0 Å². The molecule has 0 saturated carbocycles. The molecule has 0 aromatic carbocycles. The number of hydrogen-bond acceptors (Lipinski definition) is 2. The van der Waals surface area contributed by atoms with Gasteiger partial charge >= 0.3 is 0 Å². The fourth-order valence-corrected chi connectivity index (χ4v) is 0. The summed E-state index contributed by atoms with van der Waals surface area (Å²) in [4.78, 5) is 0. The quantitative estimate of drug-likeness (QED) is 0.587. The first kappa shape index (κ1) is 14.4. The van der Waals surface area contributed by atoms with Gasteiger partial charge in [-0.3, -0.25) is 0 Å². The molecule has 0 rings (SSSR count). The minimum absolute atomic E-state index is 0.292. The van der Waals surface area contributed by atoms with Crippen LogP contribution in [0.25, 0.3) is 0 Å². The van der Waals surface area contributed by atoms with Gasteiger partial charge in [0.2, 0.25) is 0 Å². The maximum Gasteiger partial charge on any atom is 0.00935 e. The van der Waals surface area contributed by atoms with Crippen molar-refractivity contribution >= 4 is 0 Å². The van der Waals surface area contributed by atoms with Gasteiger partial charge in [0.05, 0.1) is 0 Å². The molecule has 0 amide bonds. The molecule has 0 aliphatic heterocycles. The van der Waals surface area contributed by atoms with E-state index in [2.05, 4.69) is 52.2 Å². The number of rotatable bonds is 0. The lowest BCUT2D eigenvalue weighted by atomic mass is 10.1. The van der Waals surface area contributed by atoms with E-state index in [4.69, 9.17) is 0 Å². The molecule has 2 nitrogen and oxygen atoms in total. The molecular weight excluding hydrogens is 148 g/mol. The standard InChI is InChI=1S/2C5H13N/c2*1-5(2,3)6-4/h2*6H,1-4H3. The largest absolute Gasteiger partial charge is 0.315 e. The normalized spacial score (nSPS) is 12.0. The predicted octanol–water partition coefficient (Wildman–Crippen LogP) is 2.01. The average Bonchev–Trinajstić information content (AvgIpc) is 1.86. The Morgan fingerprint density at radius 1 is 0.583 bits per heavy atom. The van der Waals surface area contributed by atoms with E-state index in [1.807, 2.05) is 14.1 Å². The van der Waals surface area contributed by atoms with Crippen LogP contribution in [0.15, 0.2) is 0 Å². The maximum absolute atomic E-state index is 3.10. The van der Waals surface area contributed by atoms with Crippen LogP contribution in [-0.2, 0) is 0 Å². The van der Waals surface area contributed by atoms with E-state index in [1.165, 1.54) is 0 Å². The molecule has 0 aliphatic carbocycles. The van der Waals surface area contributed by atoms with Gasteiger partial charge in [0.15, 0.2) is 0 Å². The van der Waals surface area contributed by atoms with Crippen molar-refractivity contribution in [2.75, 3.05) is 14.1 Å². The van der Waals surface area contributed by atoms with Crippen LogP contribution >= 0.6 is 0 Å². The Morgan fingerprint density at radius 3 is 0.667 bits per heavy atom. The lowest BCUT2D eigenvalue weighted by Crippen LogP contribution is -2.31. The van der Waals surface area contributed by atoms with Crippen molar-refractivity contribution in [2.24, 2.45) is 0 Å². The minimum Gasteiger partial charge on any atom is -0.315 e. The van der Waals surface area contributed by atoms with Gasteiger partial charge in [-0.05, 0) is 55.6 Å². The zero-order valence-corrected chi connectivity index (χ0v) is 10.0. The van der Waals surface area contributed by atoms with Crippen LogP contribution in [0, 0.1) is 0 Å². The molecule has 0 heterocycles. The van der Waals surface area contributed by atoms with Crippen molar-refractivity contribution in [3.05, 3.63) is 0 Å². The zero-order valence-electron chi connectivity index (χ0n) is 10.0. The second-order valence-electron chi connectivity index (χ2n) is 5.00. The molecule has 0 fully saturated rings. The molecule has 76 valence electrons. The van der Waals surface area contributed by atoms with Crippen molar-refractivity contribution in [1.29, 1.82) is 0 Å². The highest BCUT2D eigenvalue weighted by atomic mass is 14.9. The molecule has 0 aliphatic rings. The lowest BCUT2D eigenvalue weighted by molar-refractivity contribution is 0.469. The molecule has 0 spiro atoms. The zero-order chi connectivity index (χ0) is 10.4. The number of nitrogens with one attached hydrogen (secondary N) is 2. The van der Waals surface area contributed by atoms with Crippen LogP contribution < -0.4 is 10.6 Å². The van der Waals surface area contributed by atoms with Gasteiger partial charge in [0.1, 0.15) is 0 Å². The molecule has 0 radical (unpaired) electrons. The lowest BCUT2D eigenvalue weighted by Gasteiger charge is -2.15. The summed E-state index contributed by atoms with van der Waals surface area (Å²) >= 11 is 0. The molecule has 2 heteroatoms. The van der Waals surface area contributed by atoms with Gasteiger partial charge in [-0.15, -0.1) is 0 Å². The van der Waals surface area contributed by atoms with Gasteiger partial charge < -0.3 is 10.6 Å². The van der Waals surface area contributed by atoms with Crippen LogP contribution in [-0.4, -0.2) is 25.2 Å². The smallest absolute Gasteiger partial charge is 0.00935 e. The minimum atomic E-state index is 0.292. The van der Waals surface area contributed by atoms with E-state index in [1.54, 1.807) is 0 Å². The van der Waals surface area contributed by atoms with Crippen LogP contribution in [0.1, 0.15) is 41.5 Å². The van der Waals surface area contributed by atoms with Crippen molar-refractivity contribution in [3.63, 3.8) is 0 Å². The van der Waals surface area contributed by atoms with E-state index in [-0.39, 0.29) is 0 Å². The first-order valence-electron chi connectivity index (χ1n) is 4.50. The highest BCUT2D eigenvalue weighted by molar-refractivity contribution is 4.65. The Bertz CT molecular complexity index is 81.4. The van der Waals surface area contributed by atoms with Crippen molar-refractivity contribution in [1.82, 2.24) is 10.6 Å². The SMILES string of the molecule is CNC(C)(C)C.CNC(C)(C)C. The van der Waals surface area contributed by atoms with E-state index in [0.717, 1.165) is 0 Å². The summed E-state index contributed by atoms with van der Waals surface area (Å²) in [5.74, 6) is 0. The molecule has 0 aromatic heterocycles. The highest BCUT2D eigenvalue weighted by Gasteiger charge is 2.02. The van der Waals surface area contributed by atoms with Crippen LogP contribution in [0.4, 0.5) is 0 Å². The topological polar surface area (TPSA) is 24.1 Å². The van der Waals surface area contributed by atoms with E-state index in [9.17, 15) is 0 Å². The molecule has 12 heavy (non-hydrogen) atoms. The van der Waals surface area contributed by atoms with Gasteiger partial charge in [0, 0.05) is 11.1 Å². The summed E-state index contributed by atoms with van der Waals surface area (Å²) in [5.41, 5.74) is 0.583. The monoisotopic (exact) mass is 174 g/mol. The molecule has 0 saturated heterocycles. The van der Waals surface area contributed by atoms with Crippen LogP contribution in [0.3, 0.4) is 0 Å². The van der Waals surface area contributed by atoms with Crippen LogP contribution in [0.5, 0.6) is 0 Å². The summed E-state index contributed by atoms with van der Waals surface area (Å²) in [6.07, 6.45) is 0. The summed E-state index contributed by atoms with van der Waals surface area (Å²) < 4.78 is 0. The average molecular weight is 174 g/mol. The highest BCUT2D eigenvalue weighted by Crippen LogP contribution is 1.94.